The Morgan fingerprint density at radius 3 is 2.87 bits per heavy atom. The first-order valence-corrected chi connectivity index (χ1v) is 10.6. The lowest BCUT2D eigenvalue weighted by Crippen LogP contribution is -2.35. The number of thioether (sulfide) groups is 1. The lowest BCUT2D eigenvalue weighted by molar-refractivity contribution is -0.114. The Hall–Kier alpha value is -3.13. The molecule has 2 aliphatic heterocycles. The molecule has 2 aliphatic rings. The van der Waals surface area contributed by atoms with Gasteiger partial charge >= 0.3 is 0 Å². The summed E-state index contributed by atoms with van der Waals surface area (Å²) in [6, 6.07) is 9.93. The van der Waals surface area contributed by atoms with Crippen LogP contribution < -0.4 is 4.74 Å². The monoisotopic (exact) mass is 421 g/mol. The normalized spacial score (nSPS) is 17.3. The van der Waals surface area contributed by atoms with E-state index >= 15 is 0 Å². The van der Waals surface area contributed by atoms with E-state index in [0.717, 1.165) is 28.5 Å². The summed E-state index contributed by atoms with van der Waals surface area (Å²) in [6.45, 7) is 7.19. The number of nitrogens with zero attached hydrogens (tertiary/aromatic N) is 4. The van der Waals surface area contributed by atoms with Crippen molar-refractivity contribution in [2.75, 3.05) is 6.61 Å². The number of ether oxygens (including phenoxy) is 1. The van der Waals surface area contributed by atoms with Crippen molar-refractivity contribution in [1.82, 2.24) is 9.58 Å². The number of hydrazone groups is 1. The number of hydrogen-bond acceptors (Lipinski definition) is 5. The Kier molecular flexibility index (Phi) is 5.59. The quantitative estimate of drug-likeness (QED) is 0.708. The number of amidine groups is 2. The fraction of sp³-hybridized carbons (Fsp3) is 0.273. The maximum absolute atomic E-state index is 12.5. The number of carbonyl (C=O) groups is 1. The van der Waals surface area contributed by atoms with Gasteiger partial charge in [-0.15, -0.1) is 0 Å². The molecule has 7 nitrogen and oxygen atoms in total. The van der Waals surface area contributed by atoms with E-state index in [1.54, 1.807) is 6.08 Å². The molecule has 4 rings (SSSR count). The summed E-state index contributed by atoms with van der Waals surface area (Å²) in [5, 5.41) is 15.6. The molecule has 154 valence electrons. The van der Waals surface area contributed by atoms with Gasteiger partial charge in [-0.25, -0.2) is 0 Å². The second-order valence-electron chi connectivity index (χ2n) is 7.11. The highest BCUT2D eigenvalue weighted by atomic mass is 32.2. The second-order valence-corrected chi connectivity index (χ2v) is 8.15. The number of carbonyl (C=O) groups excluding carboxylic acids is 1. The molecule has 0 unspecified atom stereocenters. The van der Waals surface area contributed by atoms with Crippen molar-refractivity contribution in [2.45, 2.75) is 33.7 Å². The van der Waals surface area contributed by atoms with Crippen LogP contribution in [0.2, 0.25) is 0 Å². The van der Waals surface area contributed by atoms with Crippen molar-refractivity contribution in [1.29, 1.82) is 5.41 Å². The molecule has 1 amide bonds. The zero-order chi connectivity index (χ0) is 21.3. The van der Waals surface area contributed by atoms with Crippen LogP contribution in [0.4, 0.5) is 0 Å². The van der Waals surface area contributed by atoms with Gasteiger partial charge in [-0.1, -0.05) is 24.6 Å². The van der Waals surface area contributed by atoms with Gasteiger partial charge in [-0.05, 0) is 61.9 Å². The predicted molar refractivity (Wildman–Crippen MR) is 121 cm³/mol. The zero-order valence-electron chi connectivity index (χ0n) is 17.2. The predicted octanol–water partition coefficient (Wildman–Crippen LogP) is 4.21. The van der Waals surface area contributed by atoms with E-state index in [2.05, 4.69) is 23.1 Å². The number of amides is 1. The van der Waals surface area contributed by atoms with E-state index in [0.29, 0.717) is 18.3 Å². The lowest BCUT2D eigenvalue weighted by atomic mass is 10.1. The minimum atomic E-state index is -0.411. The van der Waals surface area contributed by atoms with E-state index in [1.165, 1.54) is 22.3 Å². The lowest BCUT2D eigenvalue weighted by Gasteiger charge is -2.20. The minimum Gasteiger partial charge on any atom is -0.491 e. The molecule has 30 heavy (non-hydrogen) atoms. The molecule has 0 bridgehead atoms. The minimum absolute atomic E-state index is 0.0558. The van der Waals surface area contributed by atoms with Crippen LogP contribution in [0.1, 0.15) is 30.2 Å². The van der Waals surface area contributed by atoms with Crippen LogP contribution in [0.15, 0.2) is 52.2 Å². The van der Waals surface area contributed by atoms with Crippen LogP contribution in [0.3, 0.4) is 0 Å². The molecular weight excluding hydrogens is 398 g/mol. The molecule has 3 heterocycles. The number of rotatable bonds is 6. The summed E-state index contributed by atoms with van der Waals surface area (Å²) in [4.78, 5) is 16.6. The van der Waals surface area contributed by atoms with Crippen molar-refractivity contribution >= 4 is 39.8 Å². The summed E-state index contributed by atoms with van der Waals surface area (Å²) < 4.78 is 7.93. The fourth-order valence-electron chi connectivity index (χ4n) is 3.30. The van der Waals surface area contributed by atoms with Crippen LogP contribution in [-0.4, -0.2) is 38.1 Å². The number of hydrogen-bond donors (Lipinski definition) is 1. The maximum Gasteiger partial charge on any atom is 0.283 e. The molecule has 2 aromatic rings. The molecule has 0 saturated heterocycles. The first-order valence-electron chi connectivity index (χ1n) is 9.80. The number of benzene rings is 1. The molecule has 0 atom stereocenters. The van der Waals surface area contributed by atoms with E-state index in [1.807, 2.05) is 48.9 Å². The summed E-state index contributed by atoms with van der Waals surface area (Å²) in [7, 11) is 0. The van der Waals surface area contributed by atoms with Crippen molar-refractivity contribution in [2.24, 2.45) is 10.1 Å². The number of fused-ring (bicyclic) bond motifs is 1. The first kappa shape index (κ1) is 20.2. The first-order chi connectivity index (χ1) is 14.5. The maximum atomic E-state index is 12.5. The molecule has 0 spiro atoms. The Bertz CT molecular complexity index is 1110. The SMILES string of the molecule is CCC1=NN2C(=N)/C(=C/c3cccn3CCOc3ccc(C)cc3C)C(=O)N=C2S1. The standard InChI is InChI=1S/C22H23N5O2S/c1-4-19-25-27-20(23)17(21(28)24-22(27)30-19)13-16-6-5-9-26(16)10-11-29-18-8-7-14(2)12-15(18)3/h5-9,12-13,23H,4,10-11H2,1-3H3/b17-13-,23-20?. The zero-order valence-corrected chi connectivity index (χ0v) is 18.0. The highest BCUT2D eigenvalue weighted by molar-refractivity contribution is 8.26. The third-order valence-electron chi connectivity index (χ3n) is 4.88. The van der Waals surface area contributed by atoms with Gasteiger partial charge in [0, 0.05) is 11.9 Å². The third-order valence-corrected chi connectivity index (χ3v) is 5.93. The van der Waals surface area contributed by atoms with Crippen molar-refractivity contribution < 1.29 is 9.53 Å². The number of aromatic nitrogens is 1. The number of nitrogens with one attached hydrogen (secondary N) is 1. The van der Waals surface area contributed by atoms with Crippen molar-refractivity contribution in [3.05, 3.63) is 58.9 Å². The summed E-state index contributed by atoms with van der Waals surface area (Å²) in [5.74, 6) is 0.515. The largest absolute Gasteiger partial charge is 0.491 e. The Balaban J connectivity index is 1.49. The number of aryl methyl sites for hydroxylation is 2. The van der Waals surface area contributed by atoms with E-state index in [-0.39, 0.29) is 11.4 Å². The van der Waals surface area contributed by atoms with Crippen molar-refractivity contribution in [3.8, 4) is 5.75 Å². The van der Waals surface area contributed by atoms with Gasteiger partial charge in [0.1, 0.15) is 17.4 Å². The van der Waals surface area contributed by atoms with Gasteiger partial charge in [0.05, 0.1) is 12.1 Å². The van der Waals surface area contributed by atoms with Gasteiger partial charge in [0.2, 0.25) is 5.17 Å². The molecule has 8 heteroatoms. The highest BCUT2D eigenvalue weighted by Crippen LogP contribution is 2.29. The van der Waals surface area contributed by atoms with Gasteiger partial charge < -0.3 is 9.30 Å². The molecule has 1 N–H and O–H groups in total. The molecule has 0 radical (unpaired) electrons. The summed E-state index contributed by atoms with van der Waals surface area (Å²) >= 11 is 1.34. The molecule has 1 aromatic heterocycles. The van der Waals surface area contributed by atoms with Gasteiger partial charge in [-0.2, -0.15) is 15.1 Å². The van der Waals surface area contributed by atoms with Crippen LogP contribution in [0, 0.1) is 19.3 Å². The summed E-state index contributed by atoms with van der Waals surface area (Å²) in [5.41, 5.74) is 3.36. The molecule has 1 aromatic carbocycles. The topological polar surface area (TPSA) is 83.0 Å². The Morgan fingerprint density at radius 2 is 2.10 bits per heavy atom. The molecule has 0 fully saturated rings. The molecule has 0 saturated carbocycles. The second kappa shape index (κ2) is 8.31. The van der Waals surface area contributed by atoms with Gasteiger partial charge in [0.25, 0.3) is 5.91 Å². The Labute approximate surface area is 179 Å². The van der Waals surface area contributed by atoms with Crippen LogP contribution in [0.5, 0.6) is 5.75 Å². The third kappa shape index (κ3) is 3.95. The van der Waals surface area contributed by atoms with E-state index < -0.39 is 5.91 Å². The highest BCUT2D eigenvalue weighted by Gasteiger charge is 2.35. The van der Waals surface area contributed by atoms with Crippen LogP contribution >= 0.6 is 11.8 Å². The van der Waals surface area contributed by atoms with E-state index in [9.17, 15) is 4.79 Å². The smallest absolute Gasteiger partial charge is 0.283 e. The van der Waals surface area contributed by atoms with Crippen molar-refractivity contribution in [3.63, 3.8) is 0 Å². The van der Waals surface area contributed by atoms with Crippen LogP contribution in [0.25, 0.3) is 6.08 Å². The van der Waals surface area contributed by atoms with Gasteiger partial charge in [0.15, 0.2) is 5.84 Å². The van der Waals surface area contributed by atoms with E-state index in [4.69, 9.17) is 10.1 Å². The summed E-state index contributed by atoms with van der Waals surface area (Å²) in [6.07, 6.45) is 4.37. The molecular formula is C22H23N5O2S. The molecule has 0 aliphatic carbocycles. The Morgan fingerprint density at radius 1 is 1.27 bits per heavy atom. The average molecular weight is 422 g/mol. The van der Waals surface area contributed by atoms with Crippen LogP contribution in [-0.2, 0) is 11.3 Å². The van der Waals surface area contributed by atoms with Gasteiger partial charge in [-0.3, -0.25) is 10.2 Å². The average Bonchev–Trinajstić information content (AvgIpc) is 3.33. The number of aliphatic imine (C=N–C) groups is 1. The fourth-order valence-corrected chi connectivity index (χ4v) is 4.12.